The largest absolute Gasteiger partial charge is 0.497 e. The predicted octanol–water partition coefficient (Wildman–Crippen LogP) is 3.37. The van der Waals surface area contributed by atoms with E-state index in [2.05, 4.69) is 17.3 Å². The lowest BCUT2D eigenvalue weighted by Crippen LogP contribution is -2.34. The molecule has 0 aromatic heterocycles. The van der Waals surface area contributed by atoms with Gasteiger partial charge in [0, 0.05) is 31.0 Å². The SMILES string of the molecule is COc1ccc(NC(=O)CC2CSC(=NC3CCCC3)N2C)cc1. The minimum absolute atomic E-state index is 0.0414. The van der Waals surface area contributed by atoms with Crippen molar-refractivity contribution in [1.82, 2.24) is 4.90 Å². The smallest absolute Gasteiger partial charge is 0.226 e. The molecule has 1 saturated carbocycles. The Hall–Kier alpha value is -1.69. The highest BCUT2D eigenvalue weighted by molar-refractivity contribution is 8.14. The van der Waals surface area contributed by atoms with Gasteiger partial charge < -0.3 is 15.0 Å². The van der Waals surface area contributed by atoms with Gasteiger partial charge in [0.25, 0.3) is 0 Å². The van der Waals surface area contributed by atoms with Crippen molar-refractivity contribution >= 4 is 28.5 Å². The number of carbonyl (C=O) groups excluding carboxylic acids is 1. The molecule has 1 atom stereocenters. The van der Waals surface area contributed by atoms with Crippen molar-refractivity contribution in [3.8, 4) is 5.75 Å². The minimum Gasteiger partial charge on any atom is -0.497 e. The molecule has 3 rings (SSSR count). The Balaban J connectivity index is 1.52. The first-order chi connectivity index (χ1) is 11.7. The van der Waals surface area contributed by atoms with Crippen molar-refractivity contribution in [2.24, 2.45) is 4.99 Å². The molecule has 130 valence electrons. The van der Waals surface area contributed by atoms with Gasteiger partial charge in [0.05, 0.1) is 13.2 Å². The number of anilines is 1. The van der Waals surface area contributed by atoms with E-state index >= 15 is 0 Å². The number of hydrogen-bond donors (Lipinski definition) is 1. The third-order valence-electron chi connectivity index (χ3n) is 4.67. The van der Waals surface area contributed by atoms with Crippen LogP contribution in [0.1, 0.15) is 32.1 Å². The first kappa shape index (κ1) is 17.1. The molecule has 1 amide bonds. The molecule has 1 aliphatic carbocycles. The number of nitrogens with one attached hydrogen (secondary N) is 1. The molecule has 2 aliphatic rings. The fourth-order valence-electron chi connectivity index (χ4n) is 3.15. The predicted molar refractivity (Wildman–Crippen MR) is 99.9 cm³/mol. The van der Waals surface area contributed by atoms with Gasteiger partial charge in [-0.05, 0) is 37.1 Å². The molecule has 1 N–H and O–H groups in total. The van der Waals surface area contributed by atoms with Gasteiger partial charge >= 0.3 is 0 Å². The normalized spacial score (nSPS) is 23.0. The van der Waals surface area contributed by atoms with E-state index in [1.165, 1.54) is 25.7 Å². The molecule has 6 heteroatoms. The lowest BCUT2D eigenvalue weighted by molar-refractivity contribution is -0.116. The Morgan fingerprint density at radius 2 is 2.04 bits per heavy atom. The number of amidine groups is 1. The van der Waals surface area contributed by atoms with Crippen LogP contribution in [0.4, 0.5) is 5.69 Å². The standard InChI is InChI=1S/C18H25N3O2S/c1-21-15(12-24-18(21)20-13-5-3-4-6-13)11-17(22)19-14-7-9-16(23-2)10-8-14/h7-10,13,15H,3-6,11-12H2,1-2H3,(H,19,22). The zero-order valence-corrected chi connectivity index (χ0v) is 15.1. The Morgan fingerprint density at radius 3 is 2.71 bits per heavy atom. The third kappa shape index (κ3) is 4.23. The van der Waals surface area contributed by atoms with Crippen LogP contribution in [0.3, 0.4) is 0 Å². The summed E-state index contributed by atoms with van der Waals surface area (Å²) in [5, 5.41) is 4.06. The molecule has 2 fully saturated rings. The van der Waals surface area contributed by atoms with Gasteiger partial charge in [0.15, 0.2) is 5.17 Å². The Bertz CT molecular complexity index is 597. The van der Waals surface area contributed by atoms with E-state index in [1.807, 2.05) is 24.3 Å². The Labute approximate surface area is 147 Å². The summed E-state index contributed by atoms with van der Waals surface area (Å²) in [5.74, 6) is 1.75. The second-order valence-corrected chi connectivity index (χ2v) is 7.39. The van der Waals surface area contributed by atoms with E-state index in [9.17, 15) is 4.79 Å². The second-order valence-electron chi connectivity index (χ2n) is 6.41. The molecular weight excluding hydrogens is 322 g/mol. The van der Waals surface area contributed by atoms with Crippen LogP contribution in [0.15, 0.2) is 29.3 Å². The van der Waals surface area contributed by atoms with Crippen molar-refractivity contribution in [1.29, 1.82) is 0 Å². The topological polar surface area (TPSA) is 53.9 Å². The lowest BCUT2D eigenvalue weighted by Gasteiger charge is -2.21. The molecule has 1 aromatic rings. The maximum atomic E-state index is 12.3. The zero-order valence-electron chi connectivity index (χ0n) is 14.3. The summed E-state index contributed by atoms with van der Waals surface area (Å²) in [6.45, 7) is 0. The van der Waals surface area contributed by atoms with Crippen molar-refractivity contribution < 1.29 is 9.53 Å². The van der Waals surface area contributed by atoms with Crippen LogP contribution in [0.2, 0.25) is 0 Å². The number of rotatable bonds is 5. The second kappa shape index (κ2) is 7.92. The number of benzene rings is 1. The average molecular weight is 347 g/mol. The van der Waals surface area contributed by atoms with Crippen LogP contribution in [0, 0.1) is 0 Å². The molecule has 1 aromatic carbocycles. The Morgan fingerprint density at radius 1 is 1.33 bits per heavy atom. The third-order valence-corrected chi connectivity index (χ3v) is 5.87. The highest BCUT2D eigenvalue weighted by Crippen LogP contribution is 2.29. The number of nitrogens with zero attached hydrogens (tertiary/aromatic N) is 2. The van der Waals surface area contributed by atoms with E-state index in [0.29, 0.717) is 12.5 Å². The number of amides is 1. The fraction of sp³-hybridized carbons (Fsp3) is 0.556. The summed E-state index contributed by atoms with van der Waals surface area (Å²) in [6, 6.07) is 8.11. The Kier molecular flexibility index (Phi) is 5.66. The fourth-order valence-corrected chi connectivity index (χ4v) is 4.41. The molecular formula is C18H25N3O2S. The van der Waals surface area contributed by atoms with Crippen molar-refractivity contribution in [2.75, 3.05) is 25.2 Å². The van der Waals surface area contributed by atoms with E-state index in [-0.39, 0.29) is 11.9 Å². The number of thioether (sulfide) groups is 1. The summed E-state index contributed by atoms with van der Waals surface area (Å²) in [7, 11) is 3.69. The minimum atomic E-state index is 0.0414. The molecule has 0 bridgehead atoms. The lowest BCUT2D eigenvalue weighted by atomic mass is 10.2. The monoisotopic (exact) mass is 347 g/mol. The van der Waals surface area contributed by atoms with Crippen LogP contribution < -0.4 is 10.1 Å². The number of methoxy groups -OCH3 is 1. The van der Waals surface area contributed by atoms with Gasteiger partial charge in [-0.2, -0.15) is 0 Å². The van der Waals surface area contributed by atoms with Gasteiger partial charge in [0.2, 0.25) is 5.91 Å². The van der Waals surface area contributed by atoms with Gasteiger partial charge in [0.1, 0.15) is 5.75 Å². The van der Waals surface area contributed by atoms with Gasteiger partial charge in [-0.3, -0.25) is 9.79 Å². The van der Waals surface area contributed by atoms with Crippen molar-refractivity contribution in [3.63, 3.8) is 0 Å². The summed E-state index contributed by atoms with van der Waals surface area (Å²) in [4.78, 5) is 19.4. The van der Waals surface area contributed by atoms with Crippen molar-refractivity contribution in [2.45, 2.75) is 44.2 Å². The van der Waals surface area contributed by atoms with Crippen molar-refractivity contribution in [3.05, 3.63) is 24.3 Å². The number of hydrogen-bond acceptors (Lipinski definition) is 4. The van der Waals surface area contributed by atoms with Crippen LogP contribution in [-0.4, -0.2) is 48.0 Å². The van der Waals surface area contributed by atoms with E-state index in [0.717, 1.165) is 22.4 Å². The highest BCUT2D eigenvalue weighted by atomic mass is 32.2. The number of aliphatic imine (C=N–C) groups is 1. The first-order valence-corrected chi connectivity index (χ1v) is 9.51. The molecule has 1 unspecified atom stereocenters. The molecule has 1 saturated heterocycles. The molecule has 0 radical (unpaired) electrons. The quantitative estimate of drug-likeness (QED) is 0.887. The molecule has 0 spiro atoms. The van der Waals surface area contributed by atoms with Crippen LogP contribution in [0.5, 0.6) is 5.75 Å². The zero-order chi connectivity index (χ0) is 16.9. The van der Waals surface area contributed by atoms with Crippen LogP contribution in [-0.2, 0) is 4.79 Å². The van der Waals surface area contributed by atoms with E-state index in [1.54, 1.807) is 18.9 Å². The maximum absolute atomic E-state index is 12.3. The summed E-state index contributed by atoms with van der Waals surface area (Å²) >= 11 is 1.78. The number of carbonyl (C=O) groups is 1. The van der Waals surface area contributed by atoms with Crippen LogP contribution in [0.25, 0.3) is 0 Å². The molecule has 24 heavy (non-hydrogen) atoms. The van der Waals surface area contributed by atoms with Gasteiger partial charge in [-0.25, -0.2) is 0 Å². The van der Waals surface area contributed by atoms with Gasteiger partial charge in [-0.15, -0.1) is 0 Å². The number of ether oxygens (including phenoxy) is 1. The molecule has 1 aliphatic heterocycles. The summed E-state index contributed by atoms with van der Waals surface area (Å²) < 4.78 is 5.13. The average Bonchev–Trinajstić information content (AvgIpc) is 3.21. The highest BCUT2D eigenvalue weighted by Gasteiger charge is 2.30. The van der Waals surface area contributed by atoms with Gasteiger partial charge in [-0.1, -0.05) is 24.6 Å². The molecule has 1 heterocycles. The molecule has 5 nitrogen and oxygen atoms in total. The summed E-state index contributed by atoms with van der Waals surface area (Å²) in [6.07, 6.45) is 5.49. The van der Waals surface area contributed by atoms with E-state index in [4.69, 9.17) is 9.73 Å². The van der Waals surface area contributed by atoms with Crippen LogP contribution >= 0.6 is 11.8 Å². The maximum Gasteiger partial charge on any atom is 0.226 e. The van der Waals surface area contributed by atoms with E-state index < -0.39 is 0 Å². The first-order valence-electron chi connectivity index (χ1n) is 8.53. The summed E-state index contributed by atoms with van der Waals surface area (Å²) in [5.41, 5.74) is 0.800.